The predicted octanol–water partition coefficient (Wildman–Crippen LogP) is 3.31. The van der Waals surface area contributed by atoms with Gasteiger partial charge in [0.2, 0.25) is 5.91 Å². The van der Waals surface area contributed by atoms with Gasteiger partial charge in [0.25, 0.3) is 5.91 Å². The molecule has 0 saturated heterocycles. The monoisotopic (exact) mass is 365 g/mol. The first kappa shape index (κ1) is 18.4. The molecule has 0 atom stereocenters. The second-order valence-electron chi connectivity index (χ2n) is 5.93. The molecule has 2 N–H and O–H groups in total. The Morgan fingerprint density at radius 3 is 2.50 bits per heavy atom. The number of halogens is 1. The molecule has 0 spiro atoms. The number of rotatable bonds is 5. The van der Waals surface area contributed by atoms with Gasteiger partial charge in [-0.1, -0.05) is 37.6 Å². The molecule has 0 aliphatic rings. The van der Waals surface area contributed by atoms with Gasteiger partial charge < -0.3 is 0 Å². The number of carbonyl (C=O) groups excluding carboxylic acids is 2. The van der Waals surface area contributed by atoms with E-state index in [-0.39, 0.29) is 18.2 Å². The van der Waals surface area contributed by atoms with Gasteiger partial charge in [-0.3, -0.25) is 20.4 Å². The summed E-state index contributed by atoms with van der Waals surface area (Å²) in [5.41, 5.74) is 6.37. The first-order valence-corrected chi connectivity index (χ1v) is 8.84. The summed E-state index contributed by atoms with van der Waals surface area (Å²) in [4.78, 5) is 29.0. The molecule has 0 fully saturated rings. The minimum Gasteiger partial charge on any atom is -0.273 e. The van der Waals surface area contributed by atoms with Gasteiger partial charge in [-0.15, -0.1) is 11.3 Å². The molecule has 128 valence electrons. The molecule has 1 aromatic heterocycles. The van der Waals surface area contributed by atoms with E-state index in [4.69, 9.17) is 11.6 Å². The Hall–Kier alpha value is -1.92. The number of hydrogen-bond donors (Lipinski definition) is 2. The van der Waals surface area contributed by atoms with Crippen molar-refractivity contribution < 1.29 is 9.59 Å². The minimum absolute atomic E-state index is 0.164. The smallest absolute Gasteiger partial charge is 0.273 e. The first-order chi connectivity index (χ1) is 11.3. The lowest BCUT2D eigenvalue weighted by Crippen LogP contribution is -2.42. The lowest BCUT2D eigenvalue weighted by molar-refractivity contribution is -0.121. The topological polar surface area (TPSA) is 71.1 Å². The molecule has 5 nitrogen and oxygen atoms in total. The second-order valence-corrected chi connectivity index (χ2v) is 7.45. The van der Waals surface area contributed by atoms with Crippen molar-refractivity contribution in [2.24, 2.45) is 5.92 Å². The third-order valence-corrected chi connectivity index (χ3v) is 4.65. The van der Waals surface area contributed by atoms with Crippen molar-refractivity contribution in [2.75, 3.05) is 0 Å². The molecular formula is C17H20ClN3O2S. The third kappa shape index (κ3) is 5.32. The molecule has 0 saturated carbocycles. The highest BCUT2D eigenvalue weighted by molar-refractivity contribution is 7.13. The molecule has 0 bridgehead atoms. The maximum Gasteiger partial charge on any atom is 0.281 e. The number of aromatic nitrogens is 1. The number of thiazole rings is 1. The van der Waals surface area contributed by atoms with E-state index in [0.717, 1.165) is 17.0 Å². The summed E-state index contributed by atoms with van der Waals surface area (Å²) in [5, 5.41) is 1.55. The van der Waals surface area contributed by atoms with Crippen molar-refractivity contribution in [1.29, 1.82) is 0 Å². The third-order valence-electron chi connectivity index (χ3n) is 3.22. The van der Waals surface area contributed by atoms with Crippen LogP contribution in [0.2, 0.25) is 5.02 Å². The van der Waals surface area contributed by atoms with Crippen LogP contribution in [0.25, 0.3) is 0 Å². The molecule has 0 aliphatic carbocycles. The van der Waals surface area contributed by atoms with E-state index in [2.05, 4.69) is 29.7 Å². The van der Waals surface area contributed by atoms with Crippen LogP contribution >= 0.6 is 22.9 Å². The van der Waals surface area contributed by atoms with Crippen LogP contribution in [0.4, 0.5) is 0 Å². The maximum atomic E-state index is 12.2. The first-order valence-electron chi connectivity index (χ1n) is 7.65. The van der Waals surface area contributed by atoms with Crippen LogP contribution in [-0.2, 0) is 17.6 Å². The van der Waals surface area contributed by atoms with Gasteiger partial charge in [-0.2, -0.15) is 0 Å². The average Bonchev–Trinajstić information content (AvgIpc) is 2.87. The van der Waals surface area contributed by atoms with Crippen LogP contribution in [-0.4, -0.2) is 16.8 Å². The largest absolute Gasteiger partial charge is 0.281 e. The van der Waals surface area contributed by atoms with E-state index in [0.29, 0.717) is 21.5 Å². The van der Waals surface area contributed by atoms with E-state index in [9.17, 15) is 9.59 Å². The molecule has 24 heavy (non-hydrogen) atoms. The van der Waals surface area contributed by atoms with E-state index in [1.807, 2.05) is 0 Å². The Kier molecular flexibility index (Phi) is 6.34. The number of benzene rings is 1. The van der Waals surface area contributed by atoms with Gasteiger partial charge in [0.15, 0.2) is 0 Å². The molecule has 0 aliphatic heterocycles. The van der Waals surface area contributed by atoms with Crippen molar-refractivity contribution in [3.05, 3.63) is 50.4 Å². The zero-order chi connectivity index (χ0) is 17.7. The molecule has 1 aromatic carbocycles. The van der Waals surface area contributed by atoms with E-state index >= 15 is 0 Å². The van der Waals surface area contributed by atoms with Crippen LogP contribution in [0, 0.1) is 12.8 Å². The zero-order valence-electron chi connectivity index (χ0n) is 13.9. The van der Waals surface area contributed by atoms with Gasteiger partial charge in [-0.05, 0) is 30.5 Å². The number of hydrazine groups is 1. The molecule has 1 heterocycles. The standard InChI is InChI=1S/C17H20ClN3O2S/c1-10(2)8-15-19-11(3)16(24-15)17(23)21-20-14(22)9-12-4-6-13(18)7-5-12/h4-7,10H,8-9H2,1-3H3,(H,20,22)(H,21,23). The summed E-state index contributed by atoms with van der Waals surface area (Å²) in [7, 11) is 0. The zero-order valence-corrected chi connectivity index (χ0v) is 15.4. The van der Waals surface area contributed by atoms with Crippen molar-refractivity contribution >= 4 is 34.8 Å². The lowest BCUT2D eigenvalue weighted by atomic mass is 10.1. The number of carbonyl (C=O) groups is 2. The Morgan fingerprint density at radius 2 is 1.88 bits per heavy atom. The highest BCUT2D eigenvalue weighted by Gasteiger charge is 2.16. The highest BCUT2D eigenvalue weighted by atomic mass is 35.5. The van der Waals surface area contributed by atoms with Crippen LogP contribution < -0.4 is 10.9 Å². The number of hydrogen-bond acceptors (Lipinski definition) is 4. The van der Waals surface area contributed by atoms with Gasteiger partial charge in [0.05, 0.1) is 17.1 Å². The van der Waals surface area contributed by atoms with Crippen LogP contribution in [0.3, 0.4) is 0 Å². The average molecular weight is 366 g/mol. The fraction of sp³-hybridized carbons (Fsp3) is 0.353. The summed E-state index contributed by atoms with van der Waals surface area (Å²) in [6, 6.07) is 6.99. The number of amides is 2. The Labute approximate surface area is 150 Å². The van der Waals surface area contributed by atoms with Crippen LogP contribution in [0.15, 0.2) is 24.3 Å². The fourth-order valence-electron chi connectivity index (χ4n) is 2.11. The number of aryl methyl sites for hydroxylation is 1. The Balaban J connectivity index is 1.89. The molecular weight excluding hydrogens is 346 g/mol. The summed E-state index contributed by atoms with van der Waals surface area (Å²) in [6.07, 6.45) is 0.999. The quantitative estimate of drug-likeness (QED) is 0.798. The SMILES string of the molecule is Cc1nc(CC(C)C)sc1C(=O)NNC(=O)Cc1ccc(Cl)cc1. The van der Waals surface area contributed by atoms with E-state index < -0.39 is 0 Å². The molecule has 0 unspecified atom stereocenters. The van der Waals surface area contributed by atoms with Crippen LogP contribution in [0.1, 0.15) is 39.8 Å². The predicted molar refractivity (Wildman–Crippen MR) is 96.2 cm³/mol. The molecule has 2 rings (SSSR count). The molecule has 2 amide bonds. The number of nitrogens with one attached hydrogen (secondary N) is 2. The van der Waals surface area contributed by atoms with Gasteiger partial charge in [0, 0.05) is 11.4 Å². The molecule has 7 heteroatoms. The summed E-state index contributed by atoms with van der Waals surface area (Å²) in [6.45, 7) is 6.01. The Bertz CT molecular complexity index is 726. The summed E-state index contributed by atoms with van der Waals surface area (Å²) >= 11 is 7.17. The maximum absolute atomic E-state index is 12.2. The normalized spacial score (nSPS) is 10.7. The van der Waals surface area contributed by atoms with E-state index in [1.165, 1.54) is 11.3 Å². The van der Waals surface area contributed by atoms with Crippen LogP contribution in [0.5, 0.6) is 0 Å². The Morgan fingerprint density at radius 1 is 1.21 bits per heavy atom. The molecule has 2 aromatic rings. The van der Waals surface area contributed by atoms with Crippen molar-refractivity contribution in [1.82, 2.24) is 15.8 Å². The van der Waals surface area contributed by atoms with E-state index in [1.54, 1.807) is 31.2 Å². The summed E-state index contributed by atoms with van der Waals surface area (Å²) in [5.74, 6) is -0.162. The molecule has 0 radical (unpaired) electrons. The van der Waals surface area contributed by atoms with Crippen molar-refractivity contribution in [3.63, 3.8) is 0 Å². The van der Waals surface area contributed by atoms with Gasteiger partial charge in [-0.25, -0.2) is 4.98 Å². The minimum atomic E-state index is -0.343. The fourth-order valence-corrected chi connectivity index (χ4v) is 3.41. The highest BCUT2D eigenvalue weighted by Crippen LogP contribution is 2.20. The van der Waals surface area contributed by atoms with Crippen molar-refractivity contribution in [3.8, 4) is 0 Å². The second kappa shape index (κ2) is 8.26. The number of nitrogens with zero attached hydrogens (tertiary/aromatic N) is 1. The van der Waals surface area contributed by atoms with Gasteiger partial charge >= 0.3 is 0 Å². The van der Waals surface area contributed by atoms with Gasteiger partial charge in [0.1, 0.15) is 4.88 Å². The summed E-state index contributed by atoms with van der Waals surface area (Å²) < 4.78 is 0. The lowest BCUT2D eigenvalue weighted by Gasteiger charge is -2.06. The van der Waals surface area contributed by atoms with Crippen molar-refractivity contribution in [2.45, 2.75) is 33.6 Å².